The van der Waals surface area contributed by atoms with Crippen molar-refractivity contribution in [3.63, 3.8) is 0 Å². The van der Waals surface area contributed by atoms with Crippen LogP contribution >= 0.6 is 0 Å². The number of amidine groups is 1. The van der Waals surface area contributed by atoms with Crippen molar-refractivity contribution in [2.45, 2.75) is 25.9 Å². The van der Waals surface area contributed by atoms with Crippen LogP contribution < -0.4 is 10.6 Å². The van der Waals surface area contributed by atoms with Crippen molar-refractivity contribution in [2.24, 2.45) is 16.8 Å². The zero-order chi connectivity index (χ0) is 22.9. The van der Waals surface area contributed by atoms with Crippen molar-refractivity contribution in [1.29, 1.82) is 0 Å². The molecule has 172 valence electrons. The van der Waals surface area contributed by atoms with Crippen LogP contribution in [0.4, 0.5) is 9.18 Å². The van der Waals surface area contributed by atoms with E-state index in [1.165, 1.54) is 12.1 Å². The monoisotopic (exact) mass is 451 g/mol. The van der Waals surface area contributed by atoms with E-state index >= 15 is 0 Å². The summed E-state index contributed by atoms with van der Waals surface area (Å²) in [6.45, 7) is 5.15. The van der Waals surface area contributed by atoms with E-state index < -0.39 is 0 Å². The molecule has 0 aliphatic carbocycles. The number of hydrogen-bond donors (Lipinski definition) is 2. The summed E-state index contributed by atoms with van der Waals surface area (Å²) in [4.78, 5) is 35.9. The van der Waals surface area contributed by atoms with Gasteiger partial charge in [0, 0.05) is 36.7 Å². The van der Waals surface area contributed by atoms with Gasteiger partial charge in [0.15, 0.2) is 0 Å². The Hall–Kier alpha value is -3.33. The van der Waals surface area contributed by atoms with Crippen molar-refractivity contribution < 1.29 is 18.7 Å². The maximum atomic E-state index is 13.1. The van der Waals surface area contributed by atoms with Crippen LogP contribution in [0, 0.1) is 17.7 Å². The fourth-order valence-electron chi connectivity index (χ4n) is 4.67. The van der Waals surface area contributed by atoms with Crippen LogP contribution in [0.2, 0.25) is 0 Å². The molecule has 1 aromatic carbocycles. The Labute approximate surface area is 191 Å². The molecule has 1 aromatic heterocycles. The minimum atomic E-state index is -0.310. The summed E-state index contributed by atoms with van der Waals surface area (Å²) in [5.41, 5.74) is 3.18. The number of likely N-dealkylation sites (tertiary alicyclic amines) is 1. The highest BCUT2D eigenvalue weighted by Crippen LogP contribution is 2.29. The Morgan fingerprint density at radius 2 is 1.94 bits per heavy atom. The predicted octanol–water partition coefficient (Wildman–Crippen LogP) is 2.19. The van der Waals surface area contributed by atoms with Crippen LogP contribution in [0.25, 0.3) is 0 Å². The molecule has 0 spiro atoms. The van der Waals surface area contributed by atoms with E-state index in [2.05, 4.69) is 20.6 Å². The number of aromatic nitrogens is 1. The van der Waals surface area contributed by atoms with Crippen LogP contribution in [0.15, 0.2) is 41.5 Å². The average Bonchev–Trinajstić information content (AvgIpc) is 3.49. The van der Waals surface area contributed by atoms with Gasteiger partial charge in [-0.3, -0.25) is 20.1 Å². The Bertz CT molecular complexity index is 1090. The summed E-state index contributed by atoms with van der Waals surface area (Å²) < 4.78 is 18.6. The van der Waals surface area contributed by atoms with Gasteiger partial charge in [0.25, 0.3) is 0 Å². The molecule has 3 amide bonds. The number of urea groups is 1. The summed E-state index contributed by atoms with van der Waals surface area (Å²) in [5, 5.41) is 5.84. The molecule has 33 heavy (non-hydrogen) atoms. The van der Waals surface area contributed by atoms with E-state index in [0.29, 0.717) is 43.0 Å². The molecular weight excluding hydrogens is 425 g/mol. The van der Waals surface area contributed by atoms with Gasteiger partial charge in [-0.05, 0) is 36.2 Å². The Balaban J connectivity index is 1.16. The number of carbonyl (C=O) groups excluding carboxylic acids is 2. The highest BCUT2D eigenvalue weighted by Gasteiger charge is 2.39. The van der Waals surface area contributed by atoms with Crippen LogP contribution in [0.1, 0.15) is 35.3 Å². The predicted molar refractivity (Wildman–Crippen MR) is 119 cm³/mol. The molecule has 1 unspecified atom stereocenters. The number of rotatable bonds is 4. The third kappa shape index (κ3) is 4.59. The molecule has 2 aromatic rings. The second-order valence-corrected chi connectivity index (χ2v) is 8.91. The molecule has 2 N–H and O–H groups in total. The van der Waals surface area contributed by atoms with Crippen molar-refractivity contribution in [2.75, 3.05) is 26.3 Å². The van der Waals surface area contributed by atoms with E-state index in [0.717, 1.165) is 29.9 Å². The van der Waals surface area contributed by atoms with E-state index in [1.807, 2.05) is 17.9 Å². The quantitative estimate of drug-likeness (QED) is 0.745. The average molecular weight is 452 g/mol. The molecule has 5 rings (SSSR count). The number of aliphatic imine (C=N–C) groups is 1. The number of benzene rings is 1. The zero-order valence-electron chi connectivity index (χ0n) is 18.4. The summed E-state index contributed by atoms with van der Waals surface area (Å²) in [6, 6.07) is 7.54. The second-order valence-electron chi connectivity index (χ2n) is 8.91. The molecule has 3 aliphatic heterocycles. The van der Waals surface area contributed by atoms with Gasteiger partial charge < -0.3 is 15.0 Å². The smallest absolute Gasteiger partial charge is 0.323 e. The molecule has 0 saturated carbocycles. The van der Waals surface area contributed by atoms with Gasteiger partial charge in [-0.25, -0.2) is 9.18 Å². The normalized spacial score (nSPS) is 21.9. The van der Waals surface area contributed by atoms with Crippen molar-refractivity contribution in [3.05, 3.63) is 64.7 Å². The summed E-state index contributed by atoms with van der Waals surface area (Å²) in [7, 11) is 0. The third-order valence-corrected chi connectivity index (χ3v) is 6.55. The van der Waals surface area contributed by atoms with Crippen LogP contribution in [-0.4, -0.2) is 54.0 Å². The zero-order valence-corrected chi connectivity index (χ0v) is 18.4. The first-order chi connectivity index (χ1) is 16.0. The Kier molecular flexibility index (Phi) is 5.80. The molecule has 2 fully saturated rings. The second kappa shape index (κ2) is 8.90. The fraction of sp³-hybridized carbons (Fsp3) is 0.417. The topological polar surface area (TPSA) is 95.9 Å². The van der Waals surface area contributed by atoms with Gasteiger partial charge in [0.2, 0.25) is 5.91 Å². The Morgan fingerprint density at radius 3 is 2.67 bits per heavy atom. The number of nitrogens with one attached hydrogen (secondary N) is 2. The van der Waals surface area contributed by atoms with Gasteiger partial charge in [-0.2, -0.15) is 0 Å². The minimum Gasteiger partial charge on any atom is -0.381 e. The van der Waals surface area contributed by atoms with E-state index in [-0.39, 0.29) is 30.2 Å². The maximum absolute atomic E-state index is 13.1. The molecule has 8 nitrogen and oxygen atoms in total. The highest BCUT2D eigenvalue weighted by molar-refractivity contribution is 6.09. The van der Waals surface area contributed by atoms with E-state index in [9.17, 15) is 14.0 Å². The van der Waals surface area contributed by atoms with Gasteiger partial charge in [0.1, 0.15) is 11.7 Å². The lowest BCUT2D eigenvalue weighted by Crippen LogP contribution is -2.42. The molecule has 0 radical (unpaired) electrons. The lowest BCUT2D eigenvalue weighted by atomic mass is 10.0. The number of amides is 3. The van der Waals surface area contributed by atoms with Gasteiger partial charge in [-0.1, -0.05) is 12.1 Å². The lowest BCUT2D eigenvalue weighted by molar-refractivity contribution is -0.121. The maximum Gasteiger partial charge on any atom is 0.323 e. The molecule has 3 aliphatic rings. The number of halogens is 1. The molecule has 4 heterocycles. The SMILES string of the molecule is C[C@@H](NC(=O)Cc1cc2c(cn1)C(NC(=O)N1CC3COC[C@H]3C1)=NC2)c1ccc(F)cc1. The van der Waals surface area contributed by atoms with E-state index in [1.54, 1.807) is 18.3 Å². The first-order valence-corrected chi connectivity index (χ1v) is 11.2. The number of nitrogens with zero attached hydrogens (tertiary/aromatic N) is 3. The Morgan fingerprint density at radius 1 is 1.21 bits per heavy atom. The summed E-state index contributed by atoms with van der Waals surface area (Å²) >= 11 is 0. The fourth-order valence-corrected chi connectivity index (χ4v) is 4.67. The first kappa shape index (κ1) is 21.5. The largest absolute Gasteiger partial charge is 0.381 e. The van der Waals surface area contributed by atoms with Crippen molar-refractivity contribution in [1.82, 2.24) is 20.5 Å². The summed E-state index contributed by atoms with van der Waals surface area (Å²) in [5.74, 6) is 0.895. The van der Waals surface area contributed by atoms with Crippen LogP contribution in [-0.2, 0) is 22.5 Å². The molecule has 2 saturated heterocycles. The number of fused-ring (bicyclic) bond motifs is 2. The minimum absolute atomic E-state index is 0.124. The highest BCUT2D eigenvalue weighted by atomic mass is 19.1. The third-order valence-electron chi connectivity index (χ3n) is 6.55. The number of pyridine rings is 1. The van der Waals surface area contributed by atoms with Gasteiger partial charge in [0.05, 0.1) is 37.9 Å². The van der Waals surface area contributed by atoms with Gasteiger partial charge in [-0.15, -0.1) is 0 Å². The first-order valence-electron chi connectivity index (χ1n) is 11.2. The molecule has 0 bridgehead atoms. The van der Waals surface area contributed by atoms with E-state index in [4.69, 9.17) is 4.74 Å². The standard InChI is InChI=1S/C24H26FN5O3/c1-14(15-2-4-19(25)5-3-15)28-22(31)7-20-6-16-8-27-23(21(16)9-26-20)29-24(32)30-10-17-12-33-13-18(17)11-30/h2-6,9,14,17-18H,7-8,10-13H2,1H3,(H,28,31)(H,27,29,32)/t14-,17-,18?/m1/s1. The molecule has 3 atom stereocenters. The molecule has 9 heteroatoms. The summed E-state index contributed by atoms with van der Waals surface area (Å²) in [6.07, 6.45) is 1.79. The van der Waals surface area contributed by atoms with Crippen LogP contribution in [0.3, 0.4) is 0 Å². The van der Waals surface area contributed by atoms with Crippen LogP contribution in [0.5, 0.6) is 0 Å². The number of hydrogen-bond acceptors (Lipinski definition) is 5. The number of ether oxygens (including phenoxy) is 1. The van der Waals surface area contributed by atoms with Gasteiger partial charge >= 0.3 is 6.03 Å². The number of carbonyl (C=O) groups is 2. The van der Waals surface area contributed by atoms with Crippen molar-refractivity contribution in [3.8, 4) is 0 Å². The lowest BCUT2D eigenvalue weighted by Gasteiger charge is -2.18. The van der Waals surface area contributed by atoms with Crippen molar-refractivity contribution >= 4 is 17.8 Å². The molecular formula is C24H26FN5O3.